The summed E-state index contributed by atoms with van der Waals surface area (Å²) in [6, 6.07) is 7.24. The van der Waals surface area contributed by atoms with Gasteiger partial charge in [0, 0.05) is 80.5 Å². The van der Waals surface area contributed by atoms with E-state index in [2.05, 4.69) is 46.1 Å². The van der Waals surface area contributed by atoms with Crippen LogP contribution in [0.2, 0.25) is 0 Å². The molecule has 3 N–H and O–H groups in total. The fourth-order valence-corrected chi connectivity index (χ4v) is 13.7. The standard InChI is InChI=1S/C58H65F3N10O5/c1-3-41-45(59)7-4-37-26-40(72)27-42(50(37)41)53-52(61)54-43(28-62-53)55(70-30-38-5-6-39(31-70)63-38)66-58(65-54)76-23-22-67-16-12-36(13-17-67)29-68-18-10-34(11-19-68)25-35-14-20-69(21-15-35)47-24-33(2)49-44(51(47)60)32-71(57(49)75)46-8-9-48(73)64-56(46)74/h1,4,7,24,26-28,34-36,38-39,46,63,72H,5-6,8-23,25,29-32H2,2H3,(H,64,73,74). The number of carbonyl (C=O) groups is 3. The second-order valence-electron chi connectivity index (χ2n) is 22.5. The third kappa shape index (κ3) is 9.68. The van der Waals surface area contributed by atoms with Crippen LogP contribution in [0.5, 0.6) is 11.8 Å². The van der Waals surface area contributed by atoms with Gasteiger partial charge in [-0.25, -0.2) is 13.2 Å². The maximum absolute atomic E-state index is 17.0. The van der Waals surface area contributed by atoms with Crippen molar-refractivity contribution in [2.24, 2.45) is 17.8 Å². The lowest BCUT2D eigenvalue weighted by molar-refractivity contribution is -0.136. The van der Waals surface area contributed by atoms with E-state index in [-0.39, 0.29) is 76.5 Å². The first kappa shape index (κ1) is 50.3. The first-order chi connectivity index (χ1) is 36.8. The number of rotatable bonds is 12. The van der Waals surface area contributed by atoms with Gasteiger partial charge in [0.1, 0.15) is 41.2 Å². The Morgan fingerprint density at radius 2 is 1.54 bits per heavy atom. The van der Waals surface area contributed by atoms with E-state index in [1.54, 1.807) is 12.3 Å². The van der Waals surface area contributed by atoms with E-state index in [0.29, 0.717) is 89.5 Å². The Balaban J connectivity index is 0.622. The van der Waals surface area contributed by atoms with Gasteiger partial charge in [-0.05, 0) is 150 Å². The van der Waals surface area contributed by atoms with Crippen molar-refractivity contribution in [1.29, 1.82) is 0 Å². The molecule has 2 bridgehead atoms. The van der Waals surface area contributed by atoms with E-state index in [9.17, 15) is 19.5 Å². The van der Waals surface area contributed by atoms with Gasteiger partial charge in [-0.3, -0.25) is 29.6 Å². The number of phenols is 1. The second-order valence-corrected chi connectivity index (χ2v) is 22.5. The minimum absolute atomic E-state index is 0.0292. The van der Waals surface area contributed by atoms with Crippen molar-refractivity contribution < 1.29 is 37.4 Å². The number of hydrogen-bond acceptors (Lipinski definition) is 13. The topological polar surface area (TPSA) is 160 Å². The fourth-order valence-electron chi connectivity index (χ4n) is 13.7. The summed E-state index contributed by atoms with van der Waals surface area (Å²) in [5, 5.41) is 17.8. The molecule has 3 aromatic carbocycles. The van der Waals surface area contributed by atoms with E-state index in [0.717, 1.165) is 89.9 Å². The first-order valence-corrected chi connectivity index (χ1v) is 27.4. The monoisotopic (exact) mass is 1040 g/mol. The predicted molar refractivity (Wildman–Crippen MR) is 283 cm³/mol. The minimum Gasteiger partial charge on any atom is -0.508 e. The molecule has 6 fully saturated rings. The molecule has 5 aromatic rings. The molecule has 7 aliphatic rings. The molecule has 3 atom stereocenters. The normalized spacial score (nSPS) is 23.2. The number of aryl methyl sites for hydroxylation is 1. The number of carbonyl (C=O) groups excluding carboxylic acids is 3. The zero-order valence-corrected chi connectivity index (χ0v) is 43.1. The summed E-state index contributed by atoms with van der Waals surface area (Å²) in [6.45, 7) is 11.1. The van der Waals surface area contributed by atoms with E-state index in [1.165, 1.54) is 48.4 Å². The number of imide groups is 1. The van der Waals surface area contributed by atoms with Gasteiger partial charge in [-0.1, -0.05) is 12.0 Å². The van der Waals surface area contributed by atoms with Crippen LogP contribution < -0.4 is 25.2 Å². The lowest BCUT2D eigenvalue weighted by atomic mass is 9.82. The van der Waals surface area contributed by atoms with E-state index >= 15 is 13.2 Å². The number of nitrogens with zero attached hydrogens (tertiary/aromatic N) is 8. The molecular weight excluding hydrogens is 974 g/mol. The molecule has 2 aromatic heterocycles. The number of halogens is 3. The molecule has 76 heavy (non-hydrogen) atoms. The molecule has 9 heterocycles. The first-order valence-electron chi connectivity index (χ1n) is 27.4. The van der Waals surface area contributed by atoms with Crippen LogP contribution in [-0.2, 0) is 16.1 Å². The van der Waals surface area contributed by atoms with Gasteiger partial charge in [0.2, 0.25) is 11.8 Å². The zero-order chi connectivity index (χ0) is 52.4. The maximum atomic E-state index is 17.0. The summed E-state index contributed by atoms with van der Waals surface area (Å²) in [7, 11) is 0. The highest BCUT2D eigenvalue weighted by atomic mass is 19.1. The van der Waals surface area contributed by atoms with Crippen LogP contribution in [0.1, 0.15) is 97.7 Å². The minimum atomic E-state index is -0.775. The largest absolute Gasteiger partial charge is 0.508 e. The number of pyridine rings is 1. The van der Waals surface area contributed by atoms with Crippen LogP contribution >= 0.6 is 0 Å². The Morgan fingerprint density at radius 3 is 2.26 bits per heavy atom. The summed E-state index contributed by atoms with van der Waals surface area (Å²) < 4.78 is 54.6. The van der Waals surface area contributed by atoms with Gasteiger partial charge >= 0.3 is 6.01 Å². The number of aromatic hydroxyl groups is 1. The van der Waals surface area contributed by atoms with Crippen LogP contribution in [0, 0.1) is 54.5 Å². The number of hydrogen-bond donors (Lipinski definition) is 3. The molecule has 0 spiro atoms. The summed E-state index contributed by atoms with van der Waals surface area (Å²) >= 11 is 0. The van der Waals surface area contributed by atoms with Crippen molar-refractivity contribution in [2.75, 3.05) is 81.9 Å². The van der Waals surface area contributed by atoms with Crippen molar-refractivity contribution in [1.82, 2.24) is 40.3 Å². The maximum Gasteiger partial charge on any atom is 0.319 e. The predicted octanol–water partition coefficient (Wildman–Crippen LogP) is 7.07. The highest BCUT2D eigenvalue weighted by Gasteiger charge is 2.42. The molecule has 12 rings (SSSR count). The lowest BCUT2D eigenvalue weighted by Gasteiger charge is -2.39. The molecule has 18 heteroatoms. The summed E-state index contributed by atoms with van der Waals surface area (Å²) in [4.78, 5) is 62.6. The number of fused-ring (bicyclic) bond motifs is 5. The Labute approximate surface area is 440 Å². The number of terminal acetylenes is 1. The van der Waals surface area contributed by atoms with Crippen LogP contribution in [0.25, 0.3) is 32.9 Å². The molecule has 6 saturated heterocycles. The Bertz CT molecular complexity index is 3150. The highest BCUT2D eigenvalue weighted by Crippen LogP contribution is 2.41. The Hall–Kier alpha value is -6.55. The number of aromatic nitrogens is 3. The average molecular weight is 1040 g/mol. The molecule has 15 nitrogen and oxygen atoms in total. The molecule has 3 amide bonds. The molecule has 0 radical (unpaired) electrons. The van der Waals surface area contributed by atoms with Gasteiger partial charge in [0.25, 0.3) is 5.91 Å². The van der Waals surface area contributed by atoms with Crippen molar-refractivity contribution in [3.8, 4) is 35.4 Å². The Morgan fingerprint density at radius 1 is 0.829 bits per heavy atom. The van der Waals surface area contributed by atoms with E-state index < -0.39 is 23.6 Å². The summed E-state index contributed by atoms with van der Waals surface area (Å²) in [5.74, 6) is 1.82. The summed E-state index contributed by atoms with van der Waals surface area (Å²) in [6.07, 6.45) is 17.6. The average Bonchev–Trinajstić information content (AvgIpc) is 4.01. The number of benzene rings is 3. The van der Waals surface area contributed by atoms with Crippen LogP contribution in [0.15, 0.2) is 36.5 Å². The van der Waals surface area contributed by atoms with Gasteiger partial charge in [0.15, 0.2) is 11.6 Å². The van der Waals surface area contributed by atoms with Gasteiger partial charge in [-0.15, -0.1) is 6.42 Å². The number of anilines is 2. The third-order valence-electron chi connectivity index (χ3n) is 17.7. The number of likely N-dealkylation sites (tertiary alicyclic amines) is 2. The van der Waals surface area contributed by atoms with Crippen molar-refractivity contribution in [3.05, 3.63) is 76.2 Å². The molecule has 7 aliphatic heterocycles. The number of nitrogens with one attached hydrogen (secondary N) is 2. The van der Waals surface area contributed by atoms with Crippen molar-refractivity contribution in [2.45, 2.75) is 102 Å². The van der Waals surface area contributed by atoms with Gasteiger partial charge in [0.05, 0.1) is 28.7 Å². The van der Waals surface area contributed by atoms with Crippen LogP contribution in [0.3, 0.4) is 0 Å². The molecular formula is C58H65F3N10O5. The van der Waals surface area contributed by atoms with Gasteiger partial charge in [-0.2, -0.15) is 9.97 Å². The number of piperidine rings is 4. The molecule has 0 aliphatic carbocycles. The third-order valence-corrected chi connectivity index (χ3v) is 17.7. The molecule has 3 unspecified atom stereocenters. The number of amides is 3. The highest BCUT2D eigenvalue weighted by molar-refractivity contribution is 6.06. The smallest absolute Gasteiger partial charge is 0.319 e. The quantitative estimate of drug-likeness (QED) is 0.0862. The number of piperazine rings is 1. The summed E-state index contributed by atoms with van der Waals surface area (Å²) in [5.41, 5.74) is 2.00. The molecule has 0 saturated carbocycles. The Kier molecular flexibility index (Phi) is 13.7. The number of phenolic OH excluding ortho intramolecular Hbond substituents is 1. The zero-order valence-electron chi connectivity index (χ0n) is 43.1. The van der Waals surface area contributed by atoms with Crippen molar-refractivity contribution in [3.63, 3.8) is 0 Å². The molecule has 398 valence electrons. The SMILES string of the molecule is C#Cc1c(F)ccc2cc(O)cc(-c3ncc4c(N5CC6CCC(C5)N6)nc(OCCN5CCC(CN6CCC(CC7CCN(c8cc(C)c9c(c8F)CN(C8CCC(=O)NC8=O)C9=O)CC7)CC6)CC5)nc4c3F)c12. The van der Waals surface area contributed by atoms with Gasteiger partial charge < -0.3 is 34.8 Å². The van der Waals surface area contributed by atoms with Crippen molar-refractivity contribution >= 4 is 50.9 Å². The van der Waals surface area contributed by atoms with Crippen LogP contribution in [-0.4, -0.2) is 143 Å². The second kappa shape index (κ2) is 20.8. The fraction of sp³-hybridized carbons (Fsp3) is 0.517. The van der Waals surface area contributed by atoms with Crippen LogP contribution in [0.4, 0.5) is 24.7 Å². The van der Waals surface area contributed by atoms with E-state index in [1.807, 2.05) is 6.92 Å². The number of ether oxygens (including phenoxy) is 1. The lowest BCUT2D eigenvalue weighted by Crippen LogP contribution is -2.52. The van der Waals surface area contributed by atoms with E-state index in [4.69, 9.17) is 16.1 Å².